The van der Waals surface area contributed by atoms with Gasteiger partial charge in [0.25, 0.3) is 0 Å². The van der Waals surface area contributed by atoms with Crippen LogP contribution in [-0.2, 0) is 16.1 Å². The second-order valence-corrected chi connectivity index (χ2v) is 6.02. The average molecular weight is 298 g/mol. The van der Waals surface area contributed by atoms with E-state index in [0.29, 0.717) is 19.2 Å². The van der Waals surface area contributed by atoms with Crippen molar-refractivity contribution in [2.75, 3.05) is 6.61 Å². The maximum atomic E-state index is 12.0. The third-order valence-electron chi connectivity index (χ3n) is 3.18. The van der Waals surface area contributed by atoms with Gasteiger partial charge in [-0.25, -0.2) is 0 Å². The van der Waals surface area contributed by atoms with Gasteiger partial charge in [0.1, 0.15) is 11.1 Å². The van der Waals surface area contributed by atoms with Crippen LogP contribution < -0.4 is 5.73 Å². The molecule has 1 aromatic heterocycles. The minimum atomic E-state index is -0.215. The smallest absolute Gasteiger partial charge is 0.319 e. The molecule has 2 N–H and O–H groups in total. The highest BCUT2D eigenvalue weighted by molar-refractivity contribution is 8.00. The number of esters is 1. The molecule has 0 aliphatic heterocycles. The summed E-state index contributed by atoms with van der Waals surface area (Å²) in [5, 5.41) is 8.91. The van der Waals surface area contributed by atoms with Gasteiger partial charge in [-0.05, 0) is 26.2 Å². The SMILES string of the molecule is CCCC(Sc1nnc(CN)n1C1CC1)C(=O)OCC. The Morgan fingerprint density at radius 3 is 2.80 bits per heavy atom. The molecule has 112 valence electrons. The predicted octanol–water partition coefficient (Wildman–Crippen LogP) is 1.90. The third-order valence-corrected chi connectivity index (χ3v) is 4.38. The first-order valence-corrected chi connectivity index (χ1v) is 8.06. The van der Waals surface area contributed by atoms with E-state index < -0.39 is 0 Å². The molecule has 1 unspecified atom stereocenters. The van der Waals surface area contributed by atoms with E-state index in [4.69, 9.17) is 10.5 Å². The highest BCUT2D eigenvalue weighted by Crippen LogP contribution is 2.39. The van der Waals surface area contributed by atoms with Crippen LogP contribution in [0.25, 0.3) is 0 Å². The molecule has 1 heterocycles. The van der Waals surface area contributed by atoms with E-state index in [9.17, 15) is 4.79 Å². The normalized spacial score (nSPS) is 16.1. The number of rotatable bonds is 8. The summed E-state index contributed by atoms with van der Waals surface area (Å²) in [4.78, 5) is 12.0. The van der Waals surface area contributed by atoms with Gasteiger partial charge in [0, 0.05) is 6.04 Å². The summed E-state index contributed by atoms with van der Waals surface area (Å²) in [6.07, 6.45) is 3.98. The van der Waals surface area contributed by atoms with Gasteiger partial charge in [-0.1, -0.05) is 25.1 Å². The van der Waals surface area contributed by atoms with E-state index in [1.807, 2.05) is 6.92 Å². The van der Waals surface area contributed by atoms with Gasteiger partial charge in [-0.15, -0.1) is 10.2 Å². The molecule has 0 bridgehead atoms. The summed E-state index contributed by atoms with van der Waals surface area (Å²) in [5.41, 5.74) is 5.70. The van der Waals surface area contributed by atoms with E-state index in [-0.39, 0.29) is 11.2 Å². The maximum Gasteiger partial charge on any atom is 0.319 e. The van der Waals surface area contributed by atoms with Gasteiger partial charge in [0.05, 0.1) is 13.2 Å². The number of carbonyl (C=O) groups excluding carboxylic acids is 1. The highest BCUT2D eigenvalue weighted by atomic mass is 32.2. The van der Waals surface area contributed by atoms with Crippen LogP contribution in [0, 0.1) is 0 Å². The van der Waals surface area contributed by atoms with E-state index in [2.05, 4.69) is 21.7 Å². The second-order valence-electron chi connectivity index (χ2n) is 4.85. The fourth-order valence-corrected chi connectivity index (χ4v) is 3.30. The number of ether oxygens (including phenoxy) is 1. The van der Waals surface area contributed by atoms with Crippen LogP contribution >= 0.6 is 11.8 Å². The summed E-state index contributed by atoms with van der Waals surface area (Å²) in [5.74, 6) is 0.633. The monoisotopic (exact) mass is 298 g/mol. The van der Waals surface area contributed by atoms with Crippen LogP contribution in [0.4, 0.5) is 0 Å². The Morgan fingerprint density at radius 2 is 2.25 bits per heavy atom. The van der Waals surface area contributed by atoms with Crippen LogP contribution in [0.2, 0.25) is 0 Å². The molecule has 0 spiro atoms. The van der Waals surface area contributed by atoms with Crippen molar-refractivity contribution in [1.82, 2.24) is 14.8 Å². The van der Waals surface area contributed by atoms with Crippen LogP contribution in [0.3, 0.4) is 0 Å². The lowest BCUT2D eigenvalue weighted by molar-refractivity contribution is -0.142. The zero-order chi connectivity index (χ0) is 14.5. The maximum absolute atomic E-state index is 12.0. The van der Waals surface area contributed by atoms with Crippen LogP contribution in [0.1, 0.15) is 51.4 Å². The van der Waals surface area contributed by atoms with Crippen LogP contribution in [0.5, 0.6) is 0 Å². The van der Waals surface area contributed by atoms with Crippen molar-refractivity contribution in [3.05, 3.63) is 5.82 Å². The number of hydrogen-bond donors (Lipinski definition) is 1. The topological polar surface area (TPSA) is 83.0 Å². The quantitative estimate of drug-likeness (QED) is 0.583. The number of thioether (sulfide) groups is 1. The number of nitrogens with two attached hydrogens (primary N) is 1. The summed E-state index contributed by atoms with van der Waals surface area (Å²) < 4.78 is 7.23. The van der Waals surface area contributed by atoms with Crippen molar-refractivity contribution in [2.24, 2.45) is 5.73 Å². The molecule has 1 aliphatic carbocycles. The molecule has 1 aromatic rings. The Bertz CT molecular complexity index is 459. The zero-order valence-corrected chi connectivity index (χ0v) is 12.9. The van der Waals surface area contributed by atoms with Gasteiger partial charge in [-0.3, -0.25) is 4.79 Å². The Hall–Kier alpha value is -1.08. The molecule has 1 fully saturated rings. The lowest BCUT2D eigenvalue weighted by Crippen LogP contribution is -2.21. The molecule has 2 rings (SSSR count). The molecule has 0 amide bonds. The van der Waals surface area contributed by atoms with Crippen molar-refractivity contribution in [3.63, 3.8) is 0 Å². The fourth-order valence-electron chi connectivity index (χ4n) is 2.08. The van der Waals surface area contributed by atoms with Gasteiger partial charge < -0.3 is 15.0 Å². The molecule has 20 heavy (non-hydrogen) atoms. The van der Waals surface area contributed by atoms with Crippen molar-refractivity contribution in [1.29, 1.82) is 0 Å². The predicted molar refractivity (Wildman–Crippen MR) is 77.4 cm³/mol. The van der Waals surface area contributed by atoms with Gasteiger partial charge in [-0.2, -0.15) is 0 Å². The summed E-state index contributed by atoms with van der Waals surface area (Å²) in [7, 11) is 0. The van der Waals surface area contributed by atoms with Gasteiger partial charge in [0.15, 0.2) is 5.16 Å². The lowest BCUT2D eigenvalue weighted by atomic mass is 10.2. The number of aromatic nitrogens is 3. The Labute approximate surface area is 123 Å². The molecule has 0 saturated heterocycles. The lowest BCUT2D eigenvalue weighted by Gasteiger charge is -2.14. The minimum Gasteiger partial charge on any atom is -0.465 e. The molecule has 7 heteroatoms. The molecule has 0 aromatic carbocycles. The first-order valence-electron chi connectivity index (χ1n) is 7.18. The number of carbonyl (C=O) groups is 1. The van der Waals surface area contributed by atoms with Crippen molar-refractivity contribution in [2.45, 2.75) is 62.5 Å². The number of nitrogens with zero attached hydrogens (tertiary/aromatic N) is 3. The molecule has 1 saturated carbocycles. The van der Waals surface area contributed by atoms with E-state index in [1.165, 1.54) is 11.8 Å². The second kappa shape index (κ2) is 7.08. The van der Waals surface area contributed by atoms with Gasteiger partial charge >= 0.3 is 5.97 Å². The first kappa shape index (κ1) is 15.3. The molecular formula is C13H22N4O2S. The Morgan fingerprint density at radius 1 is 1.50 bits per heavy atom. The summed E-state index contributed by atoms with van der Waals surface area (Å²) >= 11 is 1.45. The largest absolute Gasteiger partial charge is 0.465 e. The molecular weight excluding hydrogens is 276 g/mol. The molecule has 1 aliphatic rings. The summed E-state index contributed by atoms with van der Waals surface area (Å²) in [6, 6.07) is 0.454. The number of hydrogen-bond acceptors (Lipinski definition) is 6. The molecule has 0 radical (unpaired) electrons. The summed E-state index contributed by atoms with van der Waals surface area (Å²) in [6.45, 7) is 4.67. The van der Waals surface area contributed by atoms with Gasteiger partial charge in [0.2, 0.25) is 0 Å². The van der Waals surface area contributed by atoms with Crippen LogP contribution in [0.15, 0.2) is 5.16 Å². The molecule has 1 atom stereocenters. The fraction of sp³-hybridized carbons (Fsp3) is 0.769. The highest BCUT2D eigenvalue weighted by Gasteiger charge is 2.31. The van der Waals surface area contributed by atoms with Crippen molar-refractivity contribution >= 4 is 17.7 Å². The Kier molecular flexibility index (Phi) is 5.42. The van der Waals surface area contributed by atoms with Crippen LogP contribution in [-0.4, -0.2) is 32.6 Å². The minimum absolute atomic E-state index is 0.168. The standard InChI is InChI=1S/C13H22N4O2S/c1-3-5-10(12(18)19-4-2)20-13-16-15-11(8-14)17(13)9-6-7-9/h9-10H,3-8,14H2,1-2H3. The zero-order valence-electron chi connectivity index (χ0n) is 12.0. The van der Waals surface area contributed by atoms with E-state index in [1.54, 1.807) is 0 Å². The Balaban J connectivity index is 2.13. The average Bonchev–Trinajstić information content (AvgIpc) is 3.19. The van der Waals surface area contributed by atoms with Crippen molar-refractivity contribution in [3.8, 4) is 0 Å². The van der Waals surface area contributed by atoms with Crippen molar-refractivity contribution < 1.29 is 9.53 Å². The van der Waals surface area contributed by atoms with E-state index >= 15 is 0 Å². The van der Waals surface area contributed by atoms with E-state index in [0.717, 1.165) is 36.7 Å². The first-order chi connectivity index (χ1) is 9.71. The third kappa shape index (κ3) is 3.52. The molecule has 6 nitrogen and oxygen atoms in total.